The summed E-state index contributed by atoms with van der Waals surface area (Å²) in [5, 5.41) is 16.8. The van der Waals surface area contributed by atoms with E-state index in [-0.39, 0.29) is 30.3 Å². The Balaban J connectivity index is 0.00000176. The topological polar surface area (TPSA) is 110 Å². The van der Waals surface area contributed by atoms with Gasteiger partial charge in [-0.25, -0.2) is 0 Å². The van der Waals surface area contributed by atoms with E-state index in [2.05, 4.69) is 25.9 Å². The number of H-pyrrole nitrogens is 1. The summed E-state index contributed by atoms with van der Waals surface area (Å²) in [6.45, 7) is 0.525. The van der Waals surface area contributed by atoms with Crippen LogP contribution in [0, 0.1) is 5.92 Å². The molecule has 8 heteroatoms. The molecule has 0 aliphatic heterocycles. The van der Waals surface area contributed by atoms with Gasteiger partial charge in [-0.15, -0.1) is 22.6 Å². The zero-order valence-electron chi connectivity index (χ0n) is 12.0. The van der Waals surface area contributed by atoms with Crippen molar-refractivity contribution in [2.24, 2.45) is 11.7 Å². The third-order valence-electron chi connectivity index (χ3n) is 3.87. The van der Waals surface area contributed by atoms with E-state index in [1.807, 2.05) is 24.3 Å². The summed E-state index contributed by atoms with van der Waals surface area (Å²) in [5.41, 5.74) is 7.76. The Hall–Kier alpha value is -1.99. The first-order valence-electron chi connectivity index (χ1n) is 7.08. The second-order valence-electron chi connectivity index (χ2n) is 5.42. The summed E-state index contributed by atoms with van der Waals surface area (Å²) in [4.78, 5) is 12.0. The van der Waals surface area contributed by atoms with Crippen molar-refractivity contribution in [3.63, 3.8) is 0 Å². The van der Waals surface area contributed by atoms with Crippen molar-refractivity contribution in [1.29, 1.82) is 0 Å². The molecule has 1 amide bonds. The Kier molecular flexibility index (Phi) is 5.46. The fourth-order valence-corrected chi connectivity index (χ4v) is 2.64. The van der Waals surface area contributed by atoms with Gasteiger partial charge in [-0.05, 0) is 30.0 Å². The molecule has 3 rings (SSSR count). The molecule has 1 aromatic carbocycles. The summed E-state index contributed by atoms with van der Waals surface area (Å²) in [7, 11) is 0. The maximum Gasteiger partial charge on any atom is 0.223 e. The van der Waals surface area contributed by atoms with Crippen LogP contribution in [0.1, 0.15) is 24.8 Å². The fourth-order valence-electron chi connectivity index (χ4n) is 2.64. The quantitative estimate of drug-likeness (QED) is 0.779. The minimum atomic E-state index is 0. The molecule has 118 valence electrons. The largest absolute Gasteiger partial charge is 0.352 e. The van der Waals surface area contributed by atoms with E-state index in [4.69, 9.17) is 5.73 Å². The molecule has 1 aliphatic carbocycles. The van der Waals surface area contributed by atoms with Crippen LogP contribution in [0.3, 0.4) is 0 Å². The van der Waals surface area contributed by atoms with Crippen LogP contribution in [0.15, 0.2) is 24.3 Å². The highest BCUT2D eigenvalue weighted by Crippen LogP contribution is 2.24. The summed E-state index contributed by atoms with van der Waals surface area (Å²) in [5.74, 6) is 0.731. The second-order valence-corrected chi connectivity index (χ2v) is 5.42. The van der Waals surface area contributed by atoms with Gasteiger partial charge in [0.2, 0.25) is 11.7 Å². The molecule has 1 fully saturated rings. The Morgan fingerprint density at radius 1 is 1.32 bits per heavy atom. The monoisotopic (exact) mass is 322 g/mol. The van der Waals surface area contributed by atoms with Crippen molar-refractivity contribution < 1.29 is 4.79 Å². The third-order valence-corrected chi connectivity index (χ3v) is 3.87. The first-order chi connectivity index (χ1) is 10.2. The molecule has 1 heterocycles. The highest BCUT2D eigenvalue weighted by molar-refractivity contribution is 5.85. The van der Waals surface area contributed by atoms with Crippen molar-refractivity contribution in [3.8, 4) is 11.4 Å². The minimum absolute atomic E-state index is 0. The van der Waals surface area contributed by atoms with Gasteiger partial charge < -0.3 is 11.1 Å². The van der Waals surface area contributed by atoms with Gasteiger partial charge in [0.1, 0.15) is 0 Å². The number of nitrogens with two attached hydrogens (primary N) is 1. The van der Waals surface area contributed by atoms with Crippen molar-refractivity contribution in [2.45, 2.75) is 31.8 Å². The molecule has 4 N–H and O–H groups in total. The van der Waals surface area contributed by atoms with Gasteiger partial charge >= 0.3 is 0 Å². The molecule has 0 bridgehead atoms. The Morgan fingerprint density at radius 3 is 2.68 bits per heavy atom. The number of tetrazole rings is 1. The number of benzene rings is 1. The van der Waals surface area contributed by atoms with Crippen LogP contribution in [0.5, 0.6) is 0 Å². The number of hydrogen-bond donors (Lipinski definition) is 3. The molecule has 0 saturated heterocycles. The van der Waals surface area contributed by atoms with E-state index >= 15 is 0 Å². The predicted molar refractivity (Wildman–Crippen MR) is 84.0 cm³/mol. The summed E-state index contributed by atoms with van der Waals surface area (Å²) >= 11 is 0. The number of rotatable bonds is 4. The molecule has 1 aliphatic rings. The summed E-state index contributed by atoms with van der Waals surface area (Å²) in [6.07, 6.45) is 2.63. The molecule has 0 radical (unpaired) electrons. The first-order valence-corrected chi connectivity index (χ1v) is 7.08. The number of amides is 1. The maximum atomic E-state index is 12.0. The van der Waals surface area contributed by atoms with Crippen LogP contribution in [0.4, 0.5) is 0 Å². The number of hydrogen-bond acceptors (Lipinski definition) is 5. The Morgan fingerprint density at radius 2 is 2.09 bits per heavy atom. The van der Waals surface area contributed by atoms with E-state index in [9.17, 15) is 4.79 Å². The molecular formula is C14H19ClN6O. The van der Waals surface area contributed by atoms with Gasteiger partial charge in [0.25, 0.3) is 0 Å². The number of aromatic nitrogens is 4. The molecular weight excluding hydrogens is 304 g/mol. The predicted octanol–water partition coefficient (Wildman–Crippen LogP) is 1.03. The highest BCUT2D eigenvalue weighted by Gasteiger charge is 2.27. The Bertz CT molecular complexity index is 600. The van der Waals surface area contributed by atoms with Gasteiger partial charge in [0, 0.05) is 24.1 Å². The van der Waals surface area contributed by atoms with Crippen LogP contribution < -0.4 is 11.1 Å². The van der Waals surface area contributed by atoms with Crippen molar-refractivity contribution in [1.82, 2.24) is 25.9 Å². The van der Waals surface area contributed by atoms with Gasteiger partial charge in [-0.3, -0.25) is 4.79 Å². The number of halogens is 1. The lowest BCUT2D eigenvalue weighted by Crippen LogP contribution is -2.29. The molecule has 2 aromatic rings. The molecule has 0 spiro atoms. The number of carbonyl (C=O) groups excluding carboxylic acids is 1. The highest BCUT2D eigenvalue weighted by atomic mass is 35.5. The second kappa shape index (κ2) is 7.33. The van der Waals surface area contributed by atoms with Crippen molar-refractivity contribution in [2.75, 3.05) is 0 Å². The SMILES string of the molecule is Cl.NC1CCC(C(=O)NCc2ccc(-c3nn[nH]n3)cc2)C1. The van der Waals surface area contributed by atoms with Crippen molar-refractivity contribution in [3.05, 3.63) is 29.8 Å². The standard InChI is InChI=1S/C14H18N6O.ClH/c15-12-6-5-11(7-12)14(21)16-8-9-1-3-10(4-2-9)13-17-19-20-18-13;/h1-4,11-12H,5-8,15H2,(H,16,21)(H,17,18,19,20);1H. The molecule has 7 nitrogen and oxygen atoms in total. The van der Waals surface area contributed by atoms with Crippen LogP contribution in [-0.4, -0.2) is 32.6 Å². The Labute approximate surface area is 134 Å². The summed E-state index contributed by atoms with van der Waals surface area (Å²) in [6, 6.07) is 7.91. The van der Waals surface area contributed by atoms with Gasteiger partial charge in [-0.2, -0.15) is 5.21 Å². The molecule has 2 atom stereocenters. The average molecular weight is 323 g/mol. The van der Waals surface area contributed by atoms with E-state index < -0.39 is 0 Å². The zero-order chi connectivity index (χ0) is 14.7. The fraction of sp³-hybridized carbons (Fsp3) is 0.429. The third kappa shape index (κ3) is 3.80. The lowest BCUT2D eigenvalue weighted by molar-refractivity contribution is -0.125. The van der Waals surface area contributed by atoms with Gasteiger partial charge in [-0.1, -0.05) is 24.3 Å². The number of aromatic amines is 1. The normalized spacial score (nSPS) is 20.4. The van der Waals surface area contributed by atoms with E-state index in [1.165, 1.54) is 0 Å². The maximum absolute atomic E-state index is 12.0. The lowest BCUT2D eigenvalue weighted by Gasteiger charge is -2.11. The zero-order valence-corrected chi connectivity index (χ0v) is 12.8. The number of nitrogens with one attached hydrogen (secondary N) is 2. The molecule has 22 heavy (non-hydrogen) atoms. The summed E-state index contributed by atoms with van der Waals surface area (Å²) < 4.78 is 0. The van der Waals surface area contributed by atoms with E-state index in [0.717, 1.165) is 30.4 Å². The van der Waals surface area contributed by atoms with Crippen LogP contribution in [0.2, 0.25) is 0 Å². The number of carbonyl (C=O) groups is 1. The number of nitrogens with zero attached hydrogens (tertiary/aromatic N) is 3. The van der Waals surface area contributed by atoms with Gasteiger partial charge in [0.05, 0.1) is 0 Å². The van der Waals surface area contributed by atoms with Crippen LogP contribution in [-0.2, 0) is 11.3 Å². The average Bonchev–Trinajstić information content (AvgIpc) is 3.16. The van der Waals surface area contributed by atoms with E-state index in [0.29, 0.717) is 12.4 Å². The molecule has 2 unspecified atom stereocenters. The smallest absolute Gasteiger partial charge is 0.223 e. The minimum Gasteiger partial charge on any atom is -0.352 e. The van der Waals surface area contributed by atoms with Crippen LogP contribution in [0.25, 0.3) is 11.4 Å². The lowest BCUT2D eigenvalue weighted by atomic mass is 10.1. The van der Waals surface area contributed by atoms with Gasteiger partial charge in [0.15, 0.2) is 0 Å². The van der Waals surface area contributed by atoms with Crippen molar-refractivity contribution >= 4 is 18.3 Å². The first kappa shape index (κ1) is 16.4. The molecule has 1 aromatic heterocycles. The van der Waals surface area contributed by atoms with E-state index in [1.54, 1.807) is 0 Å². The molecule has 1 saturated carbocycles. The van der Waals surface area contributed by atoms with Crippen LogP contribution >= 0.6 is 12.4 Å².